The van der Waals surface area contributed by atoms with Crippen LogP contribution in [0.5, 0.6) is 0 Å². The van der Waals surface area contributed by atoms with E-state index in [0.29, 0.717) is 11.3 Å². The number of hydrogen-bond acceptors (Lipinski definition) is 2. The van der Waals surface area contributed by atoms with Crippen LogP contribution in [0.1, 0.15) is 19.4 Å². The lowest BCUT2D eigenvalue weighted by atomic mass is 10.00. The summed E-state index contributed by atoms with van der Waals surface area (Å²) in [6.07, 6.45) is 1.42. The third-order valence-corrected chi connectivity index (χ3v) is 1.71. The van der Waals surface area contributed by atoms with Gasteiger partial charge in [0.2, 0.25) is 6.08 Å². The molecule has 0 aliphatic rings. The highest BCUT2D eigenvalue weighted by molar-refractivity contribution is 5.50. The fourth-order valence-electron chi connectivity index (χ4n) is 0.998. The van der Waals surface area contributed by atoms with Gasteiger partial charge in [-0.05, 0) is 31.5 Å². The number of nitrogens with zero attached hydrogens (tertiary/aromatic N) is 1. The van der Waals surface area contributed by atoms with Gasteiger partial charge in [0.1, 0.15) is 5.67 Å². The van der Waals surface area contributed by atoms with E-state index in [1.807, 2.05) is 0 Å². The highest BCUT2D eigenvalue weighted by atomic mass is 19.1. The Hall–Kier alpha value is -1.47. The van der Waals surface area contributed by atoms with Crippen LogP contribution in [0.15, 0.2) is 29.3 Å². The van der Waals surface area contributed by atoms with E-state index in [4.69, 9.17) is 0 Å². The first-order valence-corrected chi connectivity index (χ1v) is 3.91. The molecular formula is C10H10FNO. The zero-order valence-electron chi connectivity index (χ0n) is 7.54. The lowest BCUT2D eigenvalue weighted by Gasteiger charge is -2.14. The summed E-state index contributed by atoms with van der Waals surface area (Å²) in [6.45, 7) is 2.91. The number of halogens is 1. The van der Waals surface area contributed by atoms with Crippen molar-refractivity contribution in [1.29, 1.82) is 0 Å². The molecule has 0 spiro atoms. The molecule has 1 rings (SSSR count). The molecule has 0 aliphatic carbocycles. The number of hydrogen-bond donors (Lipinski definition) is 0. The molecule has 0 radical (unpaired) electrons. The van der Waals surface area contributed by atoms with Gasteiger partial charge in [0.05, 0.1) is 5.69 Å². The summed E-state index contributed by atoms with van der Waals surface area (Å²) in [5.74, 6) is 0. The predicted octanol–water partition coefficient (Wildman–Crippen LogP) is 2.86. The van der Waals surface area contributed by atoms with E-state index in [9.17, 15) is 9.18 Å². The maximum atomic E-state index is 13.4. The van der Waals surface area contributed by atoms with Crippen molar-refractivity contribution in [2.24, 2.45) is 4.99 Å². The molecule has 0 aromatic heterocycles. The van der Waals surface area contributed by atoms with Gasteiger partial charge in [-0.2, -0.15) is 4.99 Å². The Bertz CT molecular complexity index is 348. The van der Waals surface area contributed by atoms with Crippen LogP contribution in [0.2, 0.25) is 0 Å². The smallest absolute Gasteiger partial charge is 0.239 e. The van der Waals surface area contributed by atoms with E-state index < -0.39 is 5.67 Å². The molecule has 0 atom stereocenters. The average Bonchev–Trinajstić information content (AvgIpc) is 2.04. The molecule has 0 fully saturated rings. The Morgan fingerprint density at radius 2 is 2.15 bits per heavy atom. The van der Waals surface area contributed by atoms with Crippen molar-refractivity contribution >= 4 is 11.8 Å². The average molecular weight is 179 g/mol. The maximum absolute atomic E-state index is 13.4. The molecule has 0 aliphatic heterocycles. The number of carbonyl (C=O) groups excluding carboxylic acids is 1. The molecule has 0 unspecified atom stereocenters. The number of aliphatic imine (C=N–C) groups is 1. The Morgan fingerprint density at radius 1 is 1.46 bits per heavy atom. The number of rotatable bonds is 2. The monoisotopic (exact) mass is 179 g/mol. The molecule has 2 nitrogen and oxygen atoms in total. The van der Waals surface area contributed by atoms with E-state index in [1.165, 1.54) is 26.0 Å². The second kappa shape index (κ2) is 3.50. The SMILES string of the molecule is CC(C)(F)c1cccc(N=C=O)c1. The normalized spacial score (nSPS) is 10.7. The van der Waals surface area contributed by atoms with Crippen molar-refractivity contribution in [2.75, 3.05) is 0 Å². The minimum atomic E-state index is -1.41. The zero-order valence-corrected chi connectivity index (χ0v) is 7.54. The summed E-state index contributed by atoms with van der Waals surface area (Å²) in [7, 11) is 0. The van der Waals surface area contributed by atoms with Gasteiger partial charge in [-0.3, -0.25) is 0 Å². The lowest BCUT2D eigenvalue weighted by molar-refractivity contribution is 0.221. The van der Waals surface area contributed by atoms with Gasteiger partial charge < -0.3 is 0 Å². The van der Waals surface area contributed by atoms with E-state index in [0.717, 1.165) is 0 Å². The van der Waals surface area contributed by atoms with E-state index in [2.05, 4.69) is 4.99 Å². The standard InChI is InChI=1S/C10H10FNO/c1-10(2,11)8-4-3-5-9(6-8)12-7-13/h3-6H,1-2H3. The fourth-order valence-corrected chi connectivity index (χ4v) is 0.998. The minimum absolute atomic E-state index is 0.429. The quantitative estimate of drug-likeness (QED) is 0.507. The summed E-state index contributed by atoms with van der Waals surface area (Å²) in [5, 5.41) is 0. The Morgan fingerprint density at radius 3 is 2.69 bits per heavy atom. The Kier molecular flexibility index (Phi) is 2.59. The van der Waals surface area contributed by atoms with E-state index >= 15 is 0 Å². The highest BCUT2D eigenvalue weighted by Crippen LogP contribution is 2.27. The molecule has 0 bridgehead atoms. The van der Waals surface area contributed by atoms with Crippen molar-refractivity contribution in [3.05, 3.63) is 29.8 Å². The molecule has 1 aromatic rings. The van der Waals surface area contributed by atoms with Gasteiger partial charge in [0, 0.05) is 0 Å². The number of benzene rings is 1. The van der Waals surface area contributed by atoms with Gasteiger partial charge in [-0.25, -0.2) is 9.18 Å². The zero-order chi connectivity index (χ0) is 9.90. The summed E-state index contributed by atoms with van der Waals surface area (Å²) in [4.78, 5) is 13.4. The predicted molar refractivity (Wildman–Crippen MR) is 48.4 cm³/mol. The Balaban J connectivity index is 3.12. The van der Waals surface area contributed by atoms with Gasteiger partial charge in [0.25, 0.3) is 0 Å². The first kappa shape index (κ1) is 9.62. The van der Waals surface area contributed by atoms with Crippen molar-refractivity contribution in [3.63, 3.8) is 0 Å². The van der Waals surface area contributed by atoms with Crippen molar-refractivity contribution < 1.29 is 9.18 Å². The minimum Gasteiger partial charge on any atom is -0.239 e. The van der Waals surface area contributed by atoms with Crippen LogP contribution in [-0.2, 0) is 10.5 Å². The third-order valence-electron chi connectivity index (χ3n) is 1.71. The summed E-state index contributed by atoms with van der Waals surface area (Å²) in [6, 6.07) is 6.47. The van der Waals surface area contributed by atoms with Crippen LogP contribution in [0, 0.1) is 0 Å². The molecule has 0 saturated carbocycles. The molecular weight excluding hydrogens is 169 g/mol. The highest BCUT2D eigenvalue weighted by Gasteiger charge is 2.18. The second-order valence-corrected chi connectivity index (χ2v) is 3.23. The summed E-state index contributed by atoms with van der Waals surface area (Å²) < 4.78 is 13.4. The Labute approximate surface area is 76.1 Å². The molecule has 0 N–H and O–H groups in total. The van der Waals surface area contributed by atoms with Gasteiger partial charge >= 0.3 is 0 Å². The molecule has 0 saturated heterocycles. The molecule has 3 heteroatoms. The lowest BCUT2D eigenvalue weighted by Crippen LogP contribution is -2.08. The van der Waals surface area contributed by atoms with Crippen LogP contribution < -0.4 is 0 Å². The molecule has 68 valence electrons. The van der Waals surface area contributed by atoms with Crippen molar-refractivity contribution in [2.45, 2.75) is 19.5 Å². The summed E-state index contributed by atoms with van der Waals surface area (Å²) >= 11 is 0. The van der Waals surface area contributed by atoms with Crippen LogP contribution >= 0.6 is 0 Å². The maximum Gasteiger partial charge on any atom is 0.240 e. The van der Waals surface area contributed by atoms with Crippen molar-refractivity contribution in [3.8, 4) is 0 Å². The van der Waals surface area contributed by atoms with Crippen LogP contribution in [0.3, 0.4) is 0 Å². The van der Waals surface area contributed by atoms with Crippen molar-refractivity contribution in [1.82, 2.24) is 0 Å². The number of alkyl halides is 1. The third kappa shape index (κ3) is 2.49. The summed E-state index contributed by atoms with van der Waals surface area (Å²) in [5.41, 5.74) is -0.476. The number of isocyanates is 1. The molecule has 13 heavy (non-hydrogen) atoms. The topological polar surface area (TPSA) is 29.4 Å². The van der Waals surface area contributed by atoms with Gasteiger partial charge in [-0.15, -0.1) is 0 Å². The molecule has 0 amide bonds. The van der Waals surface area contributed by atoms with Crippen LogP contribution in [0.25, 0.3) is 0 Å². The largest absolute Gasteiger partial charge is 0.240 e. The second-order valence-electron chi connectivity index (χ2n) is 3.23. The van der Waals surface area contributed by atoms with Crippen LogP contribution in [0.4, 0.5) is 10.1 Å². The van der Waals surface area contributed by atoms with E-state index in [1.54, 1.807) is 18.2 Å². The first-order chi connectivity index (χ1) is 6.04. The first-order valence-electron chi connectivity index (χ1n) is 3.91. The molecule has 0 heterocycles. The fraction of sp³-hybridized carbons (Fsp3) is 0.300. The van der Waals surface area contributed by atoms with Crippen LogP contribution in [-0.4, -0.2) is 6.08 Å². The van der Waals surface area contributed by atoms with E-state index in [-0.39, 0.29) is 0 Å². The van der Waals surface area contributed by atoms with Gasteiger partial charge in [0.15, 0.2) is 0 Å². The molecule has 1 aromatic carbocycles. The van der Waals surface area contributed by atoms with Gasteiger partial charge in [-0.1, -0.05) is 12.1 Å².